The molecule has 1 saturated heterocycles. The maximum Gasteiger partial charge on any atom is 0.324 e. The van der Waals surface area contributed by atoms with Crippen molar-refractivity contribution in [1.82, 2.24) is 4.90 Å². The molecule has 2 amide bonds. The fourth-order valence-corrected chi connectivity index (χ4v) is 2.47. The molecule has 0 aromatic heterocycles. The maximum atomic E-state index is 12.4. The van der Waals surface area contributed by atoms with E-state index < -0.39 is 0 Å². The molecule has 0 aliphatic carbocycles. The van der Waals surface area contributed by atoms with Gasteiger partial charge in [0.2, 0.25) is 0 Å². The van der Waals surface area contributed by atoms with Crippen molar-refractivity contribution in [2.45, 2.75) is 19.8 Å². The molecule has 100 valence electrons. The van der Waals surface area contributed by atoms with Crippen LogP contribution in [0.15, 0.2) is 24.3 Å². The molecule has 1 aromatic rings. The van der Waals surface area contributed by atoms with Gasteiger partial charge in [0.25, 0.3) is 0 Å². The van der Waals surface area contributed by atoms with E-state index in [9.17, 15) is 4.79 Å². The number of rotatable bonds is 1. The summed E-state index contributed by atoms with van der Waals surface area (Å²) >= 11 is 0. The Balaban J connectivity index is 2.12. The van der Waals surface area contributed by atoms with Crippen molar-refractivity contribution in [3.63, 3.8) is 0 Å². The second-order valence-electron chi connectivity index (χ2n) is 5.20. The van der Waals surface area contributed by atoms with Crippen LogP contribution in [0.2, 0.25) is 0 Å². The zero-order chi connectivity index (χ0) is 13.8. The van der Waals surface area contributed by atoms with Crippen LogP contribution in [0, 0.1) is 17.2 Å². The van der Waals surface area contributed by atoms with E-state index in [1.807, 2.05) is 11.0 Å². The highest BCUT2D eigenvalue weighted by Crippen LogP contribution is 2.20. The van der Waals surface area contributed by atoms with Gasteiger partial charge in [-0.3, -0.25) is 4.90 Å². The van der Waals surface area contributed by atoms with Crippen LogP contribution in [-0.4, -0.2) is 31.1 Å². The van der Waals surface area contributed by atoms with Crippen molar-refractivity contribution in [3.05, 3.63) is 29.8 Å². The van der Waals surface area contributed by atoms with Crippen LogP contribution in [0.1, 0.15) is 25.3 Å². The molecule has 1 heterocycles. The van der Waals surface area contributed by atoms with Gasteiger partial charge in [0.1, 0.15) is 0 Å². The zero-order valence-electron chi connectivity index (χ0n) is 11.5. The lowest BCUT2D eigenvalue weighted by Gasteiger charge is -2.34. The first-order valence-corrected chi connectivity index (χ1v) is 6.64. The summed E-state index contributed by atoms with van der Waals surface area (Å²) in [5.41, 5.74) is 1.34. The van der Waals surface area contributed by atoms with E-state index >= 15 is 0 Å². The lowest BCUT2D eigenvalue weighted by atomic mass is 10.0. The summed E-state index contributed by atoms with van der Waals surface area (Å²) in [7, 11) is 1.76. The minimum Gasteiger partial charge on any atom is -0.324 e. The summed E-state index contributed by atoms with van der Waals surface area (Å²) in [6.45, 7) is 3.82. The van der Waals surface area contributed by atoms with Crippen molar-refractivity contribution in [1.29, 1.82) is 5.26 Å². The Bertz CT molecular complexity index is 506. The molecular formula is C15H19N3O. The van der Waals surface area contributed by atoms with E-state index in [4.69, 9.17) is 5.26 Å². The first-order valence-electron chi connectivity index (χ1n) is 6.64. The van der Waals surface area contributed by atoms with Crippen molar-refractivity contribution >= 4 is 11.7 Å². The second kappa shape index (κ2) is 5.75. The highest BCUT2D eigenvalue weighted by molar-refractivity contribution is 5.91. The van der Waals surface area contributed by atoms with Gasteiger partial charge < -0.3 is 4.90 Å². The van der Waals surface area contributed by atoms with Gasteiger partial charge in [-0.1, -0.05) is 13.0 Å². The van der Waals surface area contributed by atoms with E-state index in [1.54, 1.807) is 30.1 Å². The third-order valence-corrected chi connectivity index (χ3v) is 3.58. The summed E-state index contributed by atoms with van der Waals surface area (Å²) < 4.78 is 0. The number of piperidine rings is 1. The number of nitriles is 1. The SMILES string of the molecule is CC1CCCN(C(=O)N(C)c2cccc(C#N)c2)C1. The summed E-state index contributed by atoms with van der Waals surface area (Å²) in [6, 6.07) is 9.25. The molecule has 0 saturated carbocycles. The number of amides is 2. The molecule has 0 bridgehead atoms. The highest BCUT2D eigenvalue weighted by atomic mass is 16.2. The van der Waals surface area contributed by atoms with Crippen molar-refractivity contribution in [2.24, 2.45) is 5.92 Å². The van der Waals surface area contributed by atoms with E-state index in [1.165, 1.54) is 6.42 Å². The van der Waals surface area contributed by atoms with Gasteiger partial charge >= 0.3 is 6.03 Å². The predicted octanol–water partition coefficient (Wildman–Crippen LogP) is 2.85. The van der Waals surface area contributed by atoms with Gasteiger partial charge in [-0.25, -0.2) is 4.79 Å². The van der Waals surface area contributed by atoms with E-state index in [0.29, 0.717) is 11.5 Å². The van der Waals surface area contributed by atoms with E-state index in [2.05, 4.69) is 13.0 Å². The van der Waals surface area contributed by atoms with Gasteiger partial charge in [-0.2, -0.15) is 5.26 Å². The molecule has 1 fully saturated rings. The molecule has 1 aliphatic heterocycles. The molecule has 19 heavy (non-hydrogen) atoms. The Hall–Kier alpha value is -2.02. The molecule has 0 radical (unpaired) electrons. The number of benzene rings is 1. The average Bonchev–Trinajstić information content (AvgIpc) is 2.45. The number of hydrogen-bond donors (Lipinski definition) is 0. The number of carbonyl (C=O) groups is 1. The van der Waals surface area contributed by atoms with Gasteiger partial charge in [0, 0.05) is 25.8 Å². The second-order valence-corrected chi connectivity index (χ2v) is 5.20. The lowest BCUT2D eigenvalue weighted by molar-refractivity contribution is 0.177. The van der Waals surface area contributed by atoms with Gasteiger partial charge in [0.05, 0.1) is 11.6 Å². The Morgan fingerprint density at radius 1 is 1.53 bits per heavy atom. The van der Waals surface area contributed by atoms with Crippen LogP contribution in [0.5, 0.6) is 0 Å². The molecule has 4 heteroatoms. The average molecular weight is 257 g/mol. The summed E-state index contributed by atoms with van der Waals surface area (Å²) in [4.78, 5) is 15.9. The van der Waals surface area contributed by atoms with Gasteiger partial charge in [-0.05, 0) is 37.0 Å². The first-order chi connectivity index (χ1) is 9.11. The predicted molar refractivity (Wildman–Crippen MR) is 74.9 cm³/mol. The van der Waals surface area contributed by atoms with Crippen LogP contribution >= 0.6 is 0 Å². The topological polar surface area (TPSA) is 47.3 Å². The minimum absolute atomic E-state index is 0.0154. The summed E-state index contributed by atoms with van der Waals surface area (Å²) in [6.07, 6.45) is 2.26. The molecule has 1 unspecified atom stereocenters. The largest absolute Gasteiger partial charge is 0.324 e. The fraction of sp³-hybridized carbons (Fsp3) is 0.467. The molecule has 0 N–H and O–H groups in total. The maximum absolute atomic E-state index is 12.4. The van der Waals surface area contributed by atoms with Crippen LogP contribution in [0.3, 0.4) is 0 Å². The molecule has 1 aliphatic rings. The molecular weight excluding hydrogens is 238 g/mol. The number of urea groups is 1. The van der Waals surface area contributed by atoms with E-state index in [-0.39, 0.29) is 6.03 Å². The van der Waals surface area contributed by atoms with Crippen molar-refractivity contribution < 1.29 is 4.79 Å². The molecule has 4 nitrogen and oxygen atoms in total. The minimum atomic E-state index is 0.0154. The Kier molecular flexibility index (Phi) is 4.06. The number of carbonyl (C=O) groups excluding carboxylic acids is 1. The van der Waals surface area contributed by atoms with Crippen LogP contribution in [-0.2, 0) is 0 Å². The Morgan fingerprint density at radius 3 is 3.00 bits per heavy atom. The number of likely N-dealkylation sites (tertiary alicyclic amines) is 1. The normalized spacial score (nSPS) is 18.8. The molecule has 1 aromatic carbocycles. The highest BCUT2D eigenvalue weighted by Gasteiger charge is 2.24. The summed E-state index contributed by atoms with van der Waals surface area (Å²) in [5, 5.41) is 8.90. The lowest BCUT2D eigenvalue weighted by Crippen LogP contribution is -2.45. The Labute approximate surface area is 114 Å². The first kappa shape index (κ1) is 13.4. The van der Waals surface area contributed by atoms with Gasteiger partial charge in [0.15, 0.2) is 0 Å². The monoisotopic (exact) mass is 257 g/mol. The number of nitrogens with zero attached hydrogens (tertiary/aromatic N) is 3. The van der Waals surface area contributed by atoms with Crippen molar-refractivity contribution in [3.8, 4) is 6.07 Å². The zero-order valence-corrected chi connectivity index (χ0v) is 11.5. The van der Waals surface area contributed by atoms with Crippen molar-refractivity contribution in [2.75, 3.05) is 25.0 Å². The third-order valence-electron chi connectivity index (χ3n) is 3.58. The van der Waals surface area contributed by atoms with E-state index in [0.717, 1.165) is 25.2 Å². The number of anilines is 1. The van der Waals surface area contributed by atoms with Crippen LogP contribution in [0.4, 0.5) is 10.5 Å². The summed E-state index contributed by atoms with van der Waals surface area (Å²) in [5.74, 6) is 0.566. The standard InChI is InChI=1S/C15H19N3O/c1-12-5-4-8-18(11-12)15(19)17(2)14-7-3-6-13(9-14)10-16/h3,6-7,9,12H,4-5,8,11H2,1-2H3. The molecule has 2 rings (SSSR count). The fourth-order valence-electron chi connectivity index (χ4n) is 2.47. The molecule has 0 spiro atoms. The third kappa shape index (κ3) is 3.05. The van der Waals surface area contributed by atoms with Gasteiger partial charge in [-0.15, -0.1) is 0 Å². The Morgan fingerprint density at radius 2 is 2.32 bits per heavy atom. The number of hydrogen-bond acceptors (Lipinski definition) is 2. The van der Waals surface area contributed by atoms with Crippen LogP contribution in [0.25, 0.3) is 0 Å². The molecule has 1 atom stereocenters. The quantitative estimate of drug-likeness (QED) is 0.776. The van der Waals surface area contributed by atoms with Crippen LogP contribution < -0.4 is 4.90 Å². The smallest absolute Gasteiger partial charge is 0.324 e.